The Bertz CT molecular complexity index is 436. The first-order valence-corrected chi connectivity index (χ1v) is 6.51. The van der Waals surface area contributed by atoms with Gasteiger partial charge in [-0.15, -0.1) is 0 Å². The summed E-state index contributed by atoms with van der Waals surface area (Å²) in [4.78, 5) is 10.5. The molecule has 1 unspecified atom stereocenters. The second kappa shape index (κ2) is 5.63. The summed E-state index contributed by atoms with van der Waals surface area (Å²) in [7, 11) is 0. The molecule has 0 spiro atoms. The van der Waals surface area contributed by atoms with Crippen LogP contribution in [0.3, 0.4) is 0 Å². The van der Waals surface area contributed by atoms with Crippen molar-refractivity contribution in [2.24, 2.45) is 0 Å². The first-order valence-electron chi connectivity index (χ1n) is 4.40. The Labute approximate surface area is 114 Å². The molecular weight excluding hydrogens is 341 g/mol. The van der Waals surface area contributed by atoms with Gasteiger partial charge in [0.2, 0.25) is 0 Å². The van der Waals surface area contributed by atoms with Crippen molar-refractivity contribution in [3.63, 3.8) is 0 Å². The SMILES string of the molecule is CC(=O)C(Br)c1cc(SC(F)(F)F)ccc1Cl. The standard InChI is InChI=1S/C10H7BrClF3OS/c1-5(16)9(11)7-4-6(2-3-8(7)12)17-10(13,14)15/h2-4,9H,1H3. The molecule has 0 radical (unpaired) electrons. The Morgan fingerprint density at radius 1 is 1.47 bits per heavy atom. The Morgan fingerprint density at radius 2 is 2.06 bits per heavy atom. The van der Waals surface area contributed by atoms with E-state index in [1.165, 1.54) is 25.1 Å². The third-order valence-corrected chi connectivity index (χ3v) is 4.03. The molecule has 17 heavy (non-hydrogen) atoms. The lowest BCUT2D eigenvalue weighted by atomic mass is 10.1. The molecule has 0 amide bonds. The van der Waals surface area contributed by atoms with E-state index in [0.29, 0.717) is 5.56 Å². The minimum Gasteiger partial charge on any atom is -0.298 e. The molecule has 0 heterocycles. The van der Waals surface area contributed by atoms with Crippen LogP contribution in [-0.2, 0) is 4.79 Å². The van der Waals surface area contributed by atoms with Gasteiger partial charge >= 0.3 is 5.51 Å². The first kappa shape index (κ1) is 14.9. The maximum atomic E-state index is 12.2. The molecule has 1 atom stereocenters. The highest BCUT2D eigenvalue weighted by molar-refractivity contribution is 9.09. The summed E-state index contributed by atoms with van der Waals surface area (Å²) in [6, 6.07) is 3.88. The smallest absolute Gasteiger partial charge is 0.298 e. The van der Waals surface area contributed by atoms with Crippen molar-refractivity contribution in [3.8, 4) is 0 Å². The average molecular weight is 348 g/mol. The topological polar surface area (TPSA) is 17.1 Å². The molecule has 0 saturated carbocycles. The molecule has 0 saturated heterocycles. The van der Waals surface area contributed by atoms with E-state index >= 15 is 0 Å². The molecule has 1 aromatic carbocycles. The molecule has 0 aliphatic heterocycles. The number of Topliss-reactive ketones (excluding diaryl/α,β-unsaturated/α-hetero) is 1. The fourth-order valence-corrected chi connectivity index (χ4v) is 2.46. The van der Waals surface area contributed by atoms with Gasteiger partial charge in [0.25, 0.3) is 0 Å². The monoisotopic (exact) mass is 346 g/mol. The maximum absolute atomic E-state index is 12.2. The van der Waals surface area contributed by atoms with Crippen LogP contribution in [0.1, 0.15) is 17.3 Å². The van der Waals surface area contributed by atoms with Crippen LogP contribution in [0.2, 0.25) is 5.02 Å². The highest BCUT2D eigenvalue weighted by Crippen LogP contribution is 2.40. The van der Waals surface area contributed by atoms with Gasteiger partial charge in [0.1, 0.15) is 5.78 Å². The lowest BCUT2D eigenvalue weighted by Crippen LogP contribution is -2.03. The second-order valence-corrected chi connectivity index (χ2v) is 5.67. The molecular formula is C10H7BrClF3OS. The van der Waals surface area contributed by atoms with Crippen LogP contribution < -0.4 is 0 Å². The highest BCUT2D eigenvalue weighted by Gasteiger charge is 2.30. The molecule has 0 aliphatic carbocycles. The lowest BCUT2D eigenvalue weighted by molar-refractivity contribution is -0.116. The third kappa shape index (κ3) is 4.52. The quantitative estimate of drug-likeness (QED) is 0.567. The number of carbonyl (C=O) groups excluding carboxylic acids is 1. The van der Waals surface area contributed by atoms with E-state index in [1.807, 2.05) is 0 Å². The van der Waals surface area contributed by atoms with E-state index in [4.69, 9.17) is 11.6 Å². The molecule has 0 aromatic heterocycles. The van der Waals surface area contributed by atoms with E-state index < -0.39 is 10.3 Å². The Hall–Kier alpha value is -0.200. The summed E-state index contributed by atoms with van der Waals surface area (Å²) in [6.07, 6.45) is 0. The van der Waals surface area contributed by atoms with E-state index in [1.54, 1.807) is 0 Å². The van der Waals surface area contributed by atoms with Crippen LogP contribution in [0.5, 0.6) is 0 Å². The second-order valence-electron chi connectivity index (χ2n) is 3.20. The van der Waals surface area contributed by atoms with Gasteiger partial charge in [0.15, 0.2) is 0 Å². The lowest BCUT2D eigenvalue weighted by Gasteiger charge is -2.11. The van der Waals surface area contributed by atoms with E-state index in [0.717, 1.165) is 0 Å². The minimum atomic E-state index is -4.36. The average Bonchev–Trinajstić information content (AvgIpc) is 2.17. The number of alkyl halides is 4. The zero-order valence-electron chi connectivity index (χ0n) is 8.52. The van der Waals surface area contributed by atoms with E-state index in [9.17, 15) is 18.0 Å². The molecule has 7 heteroatoms. The van der Waals surface area contributed by atoms with Gasteiger partial charge < -0.3 is 0 Å². The number of benzene rings is 1. The number of hydrogen-bond donors (Lipinski definition) is 0. The number of ketones is 1. The predicted octanol–water partition coefficient (Wildman–Crippen LogP) is 4.98. The summed E-state index contributed by atoms with van der Waals surface area (Å²) < 4.78 is 36.6. The van der Waals surface area contributed by atoms with Crippen LogP contribution in [0, 0.1) is 0 Å². The fraction of sp³-hybridized carbons (Fsp3) is 0.300. The fourth-order valence-electron chi connectivity index (χ4n) is 1.13. The summed E-state index contributed by atoms with van der Waals surface area (Å²) >= 11 is 8.69. The summed E-state index contributed by atoms with van der Waals surface area (Å²) in [5.74, 6) is -0.221. The molecule has 1 rings (SSSR count). The minimum absolute atomic E-state index is 0.00241. The number of thioether (sulfide) groups is 1. The maximum Gasteiger partial charge on any atom is 0.446 e. The predicted molar refractivity (Wildman–Crippen MR) is 65.7 cm³/mol. The molecule has 0 bridgehead atoms. The van der Waals surface area contributed by atoms with Crippen molar-refractivity contribution in [2.45, 2.75) is 22.2 Å². The van der Waals surface area contributed by atoms with Gasteiger partial charge in [-0.05, 0) is 42.4 Å². The van der Waals surface area contributed by atoms with Gasteiger partial charge in [-0.25, -0.2) is 0 Å². The Balaban J connectivity index is 3.06. The molecule has 1 aromatic rings. The van der Waals surface area contributed by atoms with Crippen molar-refractivity contribution >= 4 is 45.1 Å². The van der Waals surface area contributed by atoms with E-state index in [2.05, 4.69) is 15.9 Å². The zero-order valence-corrected chi connectivity index (χ0v) is 11.7. The number of rotatable bonds is 3. The first-order chi connectivity index (χ1) is 7.70. The Kier molecular flexibility index (Phi) is 4.92. The molecule has 1 nitrogen and oxygen atoms in total. The third-order valence-electron chi connectivity index (χ3n) is 1.83. The van der Waals surface area contributed by atoms with Crippen LogP contribution in [0.15, 0.2) is 23.1 Å². The number of halogens is 5. The van der Waals surface area contributed by atoms with Crippen molar-refractivity contribution in [3.05, 3.63) is 28.8 Å². The summed E-state index contributed by atoms with van der Waals surface area (Å²) in [6.45, 7) is 1.33. The molecule has 0 fully saturated rings. The molecule has 0 aliphatic rings. The Morgan fingerprint density at radius 3 is 2.53 bits per heavy atom. The van der Waals surface area contributed by atoms with Gasteiger partial charge in [-0.3, -0.25) is 4.79 Å². The van der Waals surface area contributed by atoms with Gasteiger partial charge in [-0.1, -0.05) is 27.5 Å². The van der Waals surface area contributed by atoms with Crippen LogP contribution >= 0.6 is 39.3 Å². The van der Waals surface area contributed by atoms with Crippen molar-refractivity contribution in [2.75, 3.05) is 0 Å². The summed E-state index contributed by atoms with van der Waals surface area (Å²) in [5.41, 5.74) is -4.02. The number of carbonyl (C=O) groups is 1. The largest absolute Gasteiger partial charge is 0.446 e. The molecule has 0 N–H and O–H groups in total. The van der Waals surface area contributed by atoms with E-state index in [-0.39, 0.29) is 27.5 Å². The van der Waals surface area contributed by atoms with Crippen LogP contribution in [-0.4, -0.2) is 11.3 Å². The summed E-state index contributed by atoms with van der Waals surface area (Å²) in [5, 5.41) is 0.258. The van der Waals surface area contributed by atoms with Crippen LogP contribution in [0.4, 0.5) is 13.2 Å². The highest BCUT2D eigenvalue weighted by atomic mass is 79.9. The normalized spacial score (nSPS) is 13.5. The van der Waals surface area contributed by atoms with Gasteiger partial charge in [0.05, 0.1) is 4.83 Å². The van der Waals surface area contributed by atoms with Crippen molar-refractivity contribution in [1.82, 2.24) is 0 Å². The molecule has 94 valence electrons. The number of hydrogen-bond acceptors (Lipinski definition) is 2. The van der Waals surface area contributed by atoms with Crippen LogP contribution in [0.25, 0.3) is 0 Å². The van der Waals surface area contributed by atoms with Gasteiger partial charge in [-0.2, -0.15) is 13.2 Å². The van der Waals surface area contributed by atoms with Crippen molar-refractivity contribution < 1.29 is 18.0 Å². The van der Waals surface area contributed by atoms with Gasteiger partial charge in [0, 0.05) is 9.92 Å². The zero-order chi connectivity index (χ0) is 13.2. The van der Waals surface area contributed by atoms with Crippen molar-refractivity contribution in [1.29, 1.82) is 0 Å².